The molecule has 1 aromatic rings. The fourth-order valence-corrected chi connectivity index (χ4v) is 3.18. The Labute approximate surface area is 167 Å². The largest absolute Gasteiger partial charge is 0.355 e. The summed E-state index contributed by atoms with van der Waals surface area (Å²) < 4.78 is 0. The van der Waals surface area contributed by atoms with Crippen molar-refractivity contribution in [3.8, 4) is 0 Å². The van der Waals surface area contributed by atoms with Crippen molar-refractivity contribution >= 4 is 17.7 Å². The molecule has 7 nitrogen and oxygen atoms in total. The third kappa shape index (κ3) is 6.96. The molecule has 0 unspecified atom stereocenters. The van der Waals surface area contributed by atoms with Crippen molar-refractivity contribution in [2.24, 2.45) is 0 Å². The highest BCUT2D eigenvalue weighted by Gasteiger charge is 2.22. The van der Waals surface area contributed by atoms with Gasteiger partial charge in [-0.2, -0.15) is 0 Å². The van der Waals surface area contributed by atoms with Crippen LogP contribution in [-0.4, -0.2) is 73.3 Å². The second-order valence-corrected chi connectivity index (χ2v) is 7.18. The average molecular weight is 389 g/mol. The first-order valence-electron chi connectivity index (χ1n) is 10.1. The van der Waals surface area contributed by atoms with Crippen LogP contribution in [0.15, 0.2) is 24.3 Å². The summed E-state index contributed by atoms with van der Waals surface area (Å²) in [5.74, 6) is -0.0610. The van der Waals surface area contributed by atoms with Gasteiger partial charge < -0.3 is 15.5 Å². The molecule has 7 heteroatoms. The Morgan fingerprint density at radius 3 is 2.39 bits per heavy atom. The highest BCUT2D eigenvalue weighted by Crippen LogP contribution is 2.07. The van der Waals surface area contributed by atoms with Gasteiger partial charge in [0.1, 0.15) is 0 Å². The molecule has 0 radical (unpaired) electrons. The number of carbonyl (C=O) groups is 3. The minimum absolute atomic E-state index is 0.0390. The van der Waals surface area contributed by atoms with Crippen molar-refractivity contribution in [1.82, 2.24) is 20.4 Å². The first kappa shape index (κ1) is 21.9. The van der Waals surface area contributed by atoms with Gasteiger partial charge in [0.25, 0.3) is 5.91 Å². The van der Waals surface area contributed by atoms with Gasteiger partial charge in [0.05, 0.1) is 6.54 Å². The third-order valence-corrected chi connectivity index (χ3v) is 4.96. The van der Waals surface area contributed by atoms with E-state index in [4.69, 9.17) is 0 Å². The number of benzene rings is 1. The first-order valence-corrected chi connectivity index (χ1v) is 10.1. The van der Waals surface area contributed by atoms with E-state index in [0.29, 0.717) is 44.8 Å². The second kappa shape index (κ2) is 11.4. The molecule has 0 spiro atoms. The molecule has 1 heterocycles. The zero-order valence-electron chi connectivity index (χ0n) is 17.0. The van der Waals surface area contributed by atoms with Crippen molar-refractivity contribution in [3.05, 3.63) is 35.4 Å². The van der Waals surface area contributed by atoms with Crippen LogP contribution in [0.3, 0.4) is 0 Å². The number of rotatable bonds is 9. The first-order chi connectivity index (χ1) is 13.5. The lowest BCUT2D eigenvalue weighted by atomic mass is 10.1. The lowest BCUT2D eigenvalue weighted by Gasteiger charge is -2.34. The number of aryl methyl sites for hydroxylation is 1. The maximum Gasteiger partial charge on any atom is 0.251 e. The maximum atomic E-state index is 12.4. The summed E-state index contributed by atoms with van der Waals surface area (Å²) in [7, 11) is 0. The Bertz CT molecular complexity index is 669. The van der Waals surface area contributed by atoms with Crippen molar-refractivity contribution < 1.29 is 14.4 Å². The predicted molar refractivity (Wildman–Crippen MR) is 109 cm³/mol. The molecule has 1 aliphatic heterocycles. The molecule has 2 N–H and O–H groups in total. The van der Waals surface area contributed by atoms with E-state index in [1.165, 1.54) is 0 Å². The number of piperazine rings is 1. The van der Waals surface area contributed by atoms with Gasteiger partial charge in [-0.05, 0) is 25.0 Å². The van der Waals surface area contributed by atoms with E-state index in [0.717, 1.165) is 24.9 Å². The summed E-state index contributed by atoms with van der Waals surface area (Å²) in [6, 6.07) is 7.40. The number of unbranched alkanes of at least 4 members (excludes halogenated alkanes) is 1. The molecule has 0 bridgehead atoms. The fraction of sp³-hybridized carbons (Fsp3) is 0.571. The molecule has 0 aliphatic carbocycles. The molecular weight excluding hydrogens is 356 g/mol. The molecule has 0 atom stereocenters. The summed E-state index contributed by atoms with van der Waals surface area (Å²) in [4.78, 5) is 40.3. The number of nitrogens with zero attached hydrogens (tertiary/aromatic N) is 2. The number of carbonyl (C=O) groups excluding carboxylic acids is 3. The van der Waals surface area contributed by atoms with Crippen molar-refractivity contribution in [2.75, 3.05) is 45.8 Å². The Morgan fingerprint density at radius 2 is 1.71 bits per heavy atom. The van der Waals surface area contributed by atoms with E-state index in [9.17, 15) is 14.4 Å². The number of hydrogen-bond donors (Lipinski definition) is 2. The lowest BCUT2D eigenvalue weighted by molar-refractivity contribution is -0.133. The van der Waals surface area contributed by atoms with Gasteiger partial charge >= 0.3 is 0 Å². The van der Waals surface area contributed by atoms with Gasteiger partial charge in [-0.15, -0.1) is 0 Å². The summed E-state index contributed by atoms with van der Waals surface area (Å²) in [6.45, 7) is 8.05. The molecule has 1 aliphatic rings. The minimum Gasteiger partial charge on any atom is -0.355 e. The number of amides is 3. The molecule has 28 heavy (non-hydrogen) atoms. The maximum absolute atomic E-state index is 12.4. The van der Waals surface area contributed by atoms with Gasteiger partial charge in [0.15, 0.2) is 0 Å². The van der Waals surface area contributed by atoms with E-state index in [1.54, 1.807) is 6.07 Å². The monoisotopic (exact) mass is 388 g/mol. The normalized spacial score (nSPS) is 14.6. The van der Waals surface area contributed by atoms with Crippen LogP contribution >= 0.6 is 0 Å². The molecule has 1 saturated heterocycles. The second-order valence-electron chi connectivity index (χ2n) is 7.18. The van der Waals surface area contributed by atoms with Crippen LogP contribution in [0.2, 0.25) is 0 Å². The van der Waals surface area contributed by atoms with E-state index in [-0.39, 0.29) is 24.1 Å². The fourth-order valence-electron chi connectivity index (χ4n) is 3.18. The van der Waals surface area contributed by atoms with Crippen LogP contribution in [0.1, 0.15) is 42.1 Å². The van der Waals surface area contributed by atoms with Crippen LogP contribution in [0, 0.1) is 6.92 Å². The van der Waals surface area contributed by atoms with E-state index >= 15 is 0 Å². The Hall–Kier alpha value is -2.41. The molecular formula is C21H32N4O3. The molecule has 0 aromatic heterocycles. The van der Waals surface area contributed by atoms with Crippen LogP contribution in [0.4, 0.5) is 0 Å². The predicted octanol–water partition coefficient (Wildman–Crippen LogP) is 1.18. The molecule has 2 rings (SSSR count). The topological polar surface area (TPSA) is 81.8 Å². The van der Waals surface area contributed by atoms with E-state index in [1.807, 2.05) is 30.0 Å². The van der Waals surface area contributed by atoms with Crippen LogP contribution in [0.5, 0.6) is 0 Å². The number of nitrogens with one attached hydrogen (secondary N) is 2. The van der Waals surface area contributed by atoms with Crippen molar-refractivity contribution in [2.45, 2.75) is 33.1 Å². The van der Waals surface area contributed by atoms with Crippen molar-refractivity contribution in [3.63, 3.8) is 0 Å². The highest BCUT2D eigenvalue weighted by molar-refractivity contribution is 5.95. The Morgan fingerprint density at radius 1 is 1.00 bits per heavy atom. The van der Waals surface area contributed by atoms with Crippen LogP contribution < -0.4 is 10.6 Å². The van der Waals surface area contributed by atoms with Gasteiger partial charge in [-0.3, -0.25) is 19.3 Å². The quantitative estimate of drug-likeness (QED) is 0.623. The summed E-state index contributed by atoms with van der Waals surface area (Å²) in [5.41, 5.74) is 1.56. The van der Waals surface area contributed by atoms with Gasteiger partial charge in [0, 0.05) is 51.3 Å². The lowest BCUT2D eigenvalue weighted by Crippen LogP contribution is -2.51. The molecule has 0 saturated carbocycles. The minimum atomic E-state index is -0.148. The molecule has 1 fully saturated rings. The Kier molecular flexibility index (Phi) is 8.94. The SMILES string of the molecule is CCCCNC(=O)CN1CCN(C(=O)CCNC(=O)c2ccccc2C)CC1. The number of hydrogen-bond acceptors (Lipinski definition) is 4. The van der Waals surface area contributed by atoms with Gasteiger partial charge in [-0.1, -0.05) is 31.5 Å². The summed E-state index contributed by atoms with van der Waals surface area (Å²) in [6.07, 6.45) is 2.34. The molecule has 154 valence electrons. The van der Waals surface area contributed by atoms with E-state index in [2.05, 4.69) is 22.5 Å². The van der Waals surface area contributed by atoms with E-state index < -0.39 is 0 Å². The van der Waals surface area contributed by atoms with Crippen LogP contribution in [0.25, 0.3) is 0 Å². The van der Waals surface area contributed by atoms with Gasteiger partial charge in [-0.25, -0.2) is 0 Å². The highest BCUT2D eigenvalue weighted by atomic mass is 16.2. The van der Waals surface area contributed by atoms with Crippen LogP contribution in [-0.2, 0) is 9.59 Å². The Balaban J connectivity index is 1.65. The molecule has 3 amide bonds. The zero-order valence-corrected chi connectivity index (χ0v) is 17.0. The van der Waals surface area contributed by atoms with Gasteiger partial charge in [0.2, 0.25) is 11.8 Å². The standard InChI is InChI=1S/C21H32N4O3/c1-3-4-10-22-19(26)16-24-12-14-25(15-13-24)20(27)9-11-23-21(28)18-8-6-5-7-17(18)2/h5-8H,3-4,9-16H2,1-2H3,(H,22,26)(H,23,28). The summed E-state index contributed by atoms with van der Waals surface area (Å²) in [5, 5.41) is 5.74. The average Bonchev–Trinajstić information content (AvgIpc) is 2.69. The third-order valence-electron chi connectivity index (χ3n) is 4.96. The van der Waals surface area contributed by atoms with Crippen molar-refractivity contribution in [1.29, 1.82) is 0 Å². The smallest absolute Gasteiger partial charge is 0.251 e. The molecule has 1 aromatic carbocycles. The zero-order chi connectivity index (χ0) is 20.4. The summed E-state index contributed by atoms with van der Waals surface area (Å²) >= 11 is 0.